The number of aromatic nitrogens is 2. The number of benzene rings is 2. The Kier molecular flexibility index (Phi) is 6.78. The Balaban J connectivity index is 1.53. The summed E-state index contributed by atoms with van der Waals surface area (Å²) in [5.74, 6) is -0.390. The first kappa shape index (κ1) is 25.9. The third kappa shape index (κ3) is 5.33. The number of carbonyl (C=O) groups excluding carboxylic acids is 1. The number of alkyl halides is 3. The summed E-state index contributed by atoms with van der Waals surface area (Å²) < 4.78 is 70.7. The molecule has 0 aliphatic carbocycles. The number of oxazole rings is 1. The average molecular weight is 532 g/mol. The third-order valence-corrected chi connectivity index (χ3v) is 7.01. The van der Waals surface area contributed by atoms with Crippen LogP contribution in [0.5, 0.6) is 0 Å². The smallest absolute Gasteiger partial charge is 0.416 e. The Morgan fingerprint density at radius 1 is 1.05 bits per heavy atom. The van der Waals surface area contributed by atoms with E-state index in [1.54, 1.807) is 13.8 Å². The summed E-state index contributed by atoms with van der Waals surface area (Å²) in [6.45, 7) is 3.08. The summed E-state index contributed by atoms with van der Waals surface area (Å²) in [6, 6.07) is 12.7. The van der Waals surface area contributed by atoms with Crippen LogP contribution < -0.4 is 10.9 Å². The van der Waals surface area contributed by atoms with Gasteiger partial charge in [0.2, 0.25) is 0 Å². The number of nitrogens with one attached hydrogen (secondary N) is 1. The molecule has 1 N–H and O–H groups in total. The molecule has 2 aromatic heterocycles. The number of hydrogen-bond acceptors (Lipinski definition) is 6. The molecular weight excluding hydrogens is 511 g/mol. The highest BCUT2D eigenvalue weighted by molar-refractivity contribution is 7.91. The van der Waals surface area contributed by atoms with Crippen molar-refractivity contribution in [3.05, 3.63) is 105 Å². The molecular formula is C25H20F3N3O5S. The number of hydrogen-bond donors (Lipinski definition) is 1. The number of aryl methyl sites for hydroxylation is 2. The van der Waals surface area contributed by atoms with Crippen LogP contribution in [0.4, 0.5) is 13.2 Å². The summed E-state index contributed by atoms with van der Waals surface area (Å²) in [6.07, 6.45) is -3.30. The lowest BCUT2D eigenvalue weighted by Gasteiger charge is -2.14. The normalized spacial score (nSPS) is 11.9. The molecule has 2 heterocycles. The molecule has 192 valence electrons. The fourth-order valence-electron chi connectivity index (χ4n) is 3.57. The van der Waals surface area contributed by atoms with Gasteiger partial charge in [-0.05, 0) is 61.9 Å². The van der Waals surface area contributed by atoms with Gasteiger partial charge in [-0.15, -0.1) is 0 Å². The van der Waals surface area contributed by atoms with Gasteiger partial charge < -0.3 is 9.73 Å². The molecule has 0 spiro atoms. The van der Waals surface area contributed by atoms with Gasteiger partial charge in [-0.2, -0.15) is 13.2 Å². The second kappa shape index (κ2) is 9.69. The number of nitrogens with zero attached hydrogens (tertiary/aromatic N) is 2. The highest BCUT2D eigenvalue weighted by Crippen LogP contribution is 2.30. The zero-order chi connectivity index (χ0) is 27.0. The van der Waals surface area contributed by atoms with Crippen molar-refractivity contribution >= 4 is 15.7 Å². The van der Waals surface area contributed by atoms with Gasteiger partial charge in [-0.1, -0.05) is 18.2 Å². The minimum absolute atomic E-state index is 0.0231. The first-order valence-corrected chi connectivity index (χ1v) is 12.3. The summed E-state index contributed by atoms with van der Waals surface area (Å²) in [7, 11) is -3.94. The molecule has 37 heavy (non-hydrogen) atoms. The predicted octanol–water partition coefficient (Wildman–Crippen LogP) is 4.22. The van der Waals surface area contributed by atoms with E-state index in [4.69, 9.17) is 4.42 Å². The second-order valence-corrected chi connectivity index (χ2v) is 9.97. The number of pyridine rings is 1. The van der Waals surface area contributed by atoms with Crippen molar-refractivity contribution in [3.8, 4) is 5.69 Å². The SMILES string of the molecule is Cc1cnc(S(=O)(=O)c2ccc(CNC(=O)c3ccc(C)n(-c4cccc(C(F)(F)F)c4)c3=O)cc2)o1. The highest BCUT2D eigenvalue weighted by Gasteiger charge is 2.31. The van der Waals surface area contributed by atoms with E-state index < -0.39 is 38.3 Å². The fraction of sp³-hybridized carbons (Fsp3) is 0.160. The number of rotatable bonds is 6. The van der Waals surface area contributed by atoms with Crippen molar-refractivity contribution in [1.29, 1.82) is 0 Å². The van der Waals surface area contributed by atoms with Gasteiger partial charge in [0.25, 0.3) is 21.3 Å². The van der Waals surface area contributed by atoms with Crippen LogP contribution in [0.3, 0.4) is 0 Å². The van der Waals surface area contributed by atoms with E-state index in [-0.39, 0.29) is 22.7 Å². The first-order valence-electron chi connectivity index (χ1n) is 10.8. The Bertz CT molecular complexity index is 1640. The lowest BCUT2D eigenvalue weighted by molar-refractivity contribution is -0.137. The van der Waals surface area contributed by atoms with E-state index in [9.17, 15) is 31.2 Å². The summed E-state index contributed by atoms with van der Waals surface area (Å²) in [4.78, 5) is 29.5. The van der Waals surface area contributed by atoms with Crippen LogP contribution in [0.2, 0.25) is 0 Å². The van der Waals surface area contributed by atoms with Gasteiger partial charge in [0, 0.05) is 17.9 Å². The van der Waals surface area contributed by atoms with E-state index in [0.717, 1.165) is 16.7 Å². The number of carbonyl (C=O) groups is 1. The molecule has 0 aliphatic heterocycles. The molecule has 0 bridgehead atoms. The van der Waals surface area contributed by atoms with Crippen LogP contribution in [0.25, 0.3) is 5.69 Å². The van der Waals surface area contributed by atoms with Crippen LogP contribution in [-0.2, 0) is 22.6 Å². The topological polar surface area (TPSA) is 111 Å². The van der Waals surface area contributed by atoms with Gasteiger partial charge >= 0.3 is 11.4 Å². The Morgan fingerprint density at radius 2 is 1.76 bits per heavy atom. The fourth-order valence-corrected chi connectivity index (χ4v) is 4.70. The van der Waals surface area contributed by atoms with Crippen molar-refractivity contribution in [3.63, 3.8) is 0 Å². The number of sulfone groups is 1. The van der Waals surface area contributed by atoms with Crippen molar-refractivity contribution in [2.24, 2.45) is 0 Å². The summed E-state index contributed by atoms with van der Waals surface area (Å²) in [5.41, 5.74) is -1.10. The lowest BCUT2D eigenvalue weighted by atomic mass is 10.1. The van der Waals surface area contributed by atoms with Crippen molar-refractivity contribution in [1.82, 2.24) is 14.9 Å². The maximum Gasteiger partial charge on any atom is 0.416 e. The molecule has 1 amide bonds. The van der Waals surface area contributed by atoms with Gasteiger partial charge in [0.1, 0.15) is 11.3 Å². The van der Waals surface area contributed by atoms with E-state index in [2.05, 4.69) is 10.3 Å². The van der Waals surface area contributed by atoms with E-state index in [0.29, 0.717) is 17.0 Å². The Morgan fingerprint density at radius 3 is 2.38 bits per heavy atom. The van der Waals surface area contributed by atoms with E-state index in [1.165, 1.54) is 54.7 Å². The Hall–Kier alpha value is -4.19. The lowest BCUT2D eigenvalue weighted by Crippen LogP contribution is -2.33. The average Bonchev–Trinajstić information content (AvgIpc) is 3.30. The monoisotopic (exact) mass is 531 g/mol. The number of halogens is 3. The van der Waals surface area contributed by atoms with Crippen molar-refractivity contribution in [2.45, 2.75) is 36.7 Å². The van der Waals surface area contributed by atoms with Crippen LogP contribution in [0, 0.1) is 13.8 Å². The van der Waals surface area contributed by atoms with Crippen LogP contribution in [-0.4, -0.2) is 23.9 Å². The van der Waals surface area contributed by atoms with Gasteiger partial charge in [0.15, 0.2) is 0 Å². The predicted molar refractivity (Wildman–Crippen MR) is 126 cm³/mol. The number of amides is 1. The molecule has 0 atom stereocenters. The largest absolute Gasteiger partial charge is 0.433 e. The zero-order valence-electron chi connectivity index (χ0n) is 19.5. The van der Waals surface area contributed by atoms with Gasteiger partial charge in [0.05, 0.1) is 16.7 Å². The molecule has 2 aromatic carbocycles. The molecule has 0 saturated carbocycles. The maximum atomic E-state index is 13.1. The van der Waals surface area contributed by atoms with E-state index >= 15 is 0 Å². The maximum absolute atomic E-state index is 13.1. The van der Waals surface area contributed by atoms with E-state index in [1.807, 2.05) is 0 Å². The van der Waals surface area contributed by atoms with Crippen molar-refractivity contribution in [2.75, 3.05) is 0 Å². The third-order valence-electron chi connectivity index (χ3n) is 5.47. The quantitative estimate of drug-likeness (QED) is 0.399. The van der Waals surface area contributed by atoms with Crippen LogP contribution in [0.15, 0.2) is 86.2 Å². The molecule has 4 aromatic rings. The molecule has 0 radical (unpaired) electrons. The standard InChI is InChI=1S/C25H20F3N3O5S/c1-15-6-11-21(23(33)31(15)19-5-3-4-18(12-19)25(26,27)28)22(32)29-14-17-7-9-20(10-8-17)37(34,35)24-30-13-16(2)36-24/h3-13H,14H2,1-2H3,(H,29,32). The van der Waals surface area contributed by atoms with Crippen LogP contribution >= 0.6 is 0 Å². The molecule has 0 aliphatic rings. The Labute approximate surface area is 209 Å². The van der Waals surface area contributed by atoms with Gasteiger partial charge in [-0.25, -0.2) is 13.4 Å². The minimum atomic E-state index is -4.59. The second-order valence-electron chi connectivity index (χ2n) is 8.14. The van der Waals surface area contributed by atoms with Crippen molar-refractivity contribution < 1.29 is 30.8 Å². The zero-order valence-corrected chi connectivity index (χ0v) is 20.4. The molecule has 0 saturated heterocycles. The molecule has 4 rings (SSSR count). The highest BCUT2D eigenvalue weighted by atomic mass is 32.2. The molecule has 12 heteroatoms. The molecule has 0 fully saturated rings. The molecule has 8 nitrogen and oxygen atoms in total. The van der Waals surface area contributed by atoms with Gasteiger partial charge in [-0.3, -0.25) is 14.2 Å². The minimum Gasteiger partial charge on any atom is -0.433 e. The van der Waals surface area contributed by atoms with Crippen LogP contribution in [0.1, 0.15) is 32.9 Å². The first-order chi connectivity index (χ1) is 17.4. The summed E-state index contributed by atoms with van der Waals surface area (Å²) in [5, 5.41) is 2.14. The molecule has 0 unspecified atom stereocenters. The summed E-state index contributed by atoms with van der Waals surface area (Å²) >= 11 is 0.